The van der Waals surface area contributed by atoms with E-state index in [9.17, 15) is 43.2 Å². The highest BCUT2D eigenvalue weighted by Gasteiger charge is 2.46. The summed E-state index contributed by atoms with van der Waals surface area (Å²) in [6.45, 7) is 8.13. The van der Waals surface area contributed by atoms with Gasteiger partial charge in [0.15, 0.2) is 25.7 Å². The van der Waals surface area contributed by atoms with Crippen molar-refractivity contribution in [3.8, 4) is 0 Å². The highest BCUT2D eigenvalue weighted by Crippen LogP contribution is 2.36. The van der Waals surface area contributed by atoms with Crippen molar-refractivity contribution in [1.29, 1.82) is 0 Å². The molecule has 0 spiro atoms. The second-order valence-electron chi connectivity index (χ2n) is 8.13. The third-order valence-corrected chi connectivity index (χ3v) is 8.94. The summed E-state index contributed by atoms with van der Waals surface area (Å²) in [7, 11) is -13.4. The van der Waals surface area contributed by atoms with Crippen molar-refractivity contribution < 1.29 is 47.7 Å². The molecule has 1 heterocycles. The van der Waals surface area contributed by atoms with Gasteiger partial charge in [0.05, 0.1) is 4.88 Å². The van der Waals surface area contributed by atoms with E-state index in [1.54, 1.807) is 10.6 Å². The lowest BCUT2D eigenvalue weighted by Gasteiger charge is -2.22. The van der Waals surface area contributed by atoms with Crippen molar-refractivity contribution in [1.82, 2.24) is 0 Å². The van der Waals surface area contributed by atoms with E-state index < -0.39 is 31.1 Å². The second-order valence-corrected chi connectivity index (χ2v) is 12.5. The first-order chi connectivity index (χ1) is 16.5. The lowest BCUT2D eigenvalue weighted by molar-refractivity contribution is -0.700. The molecule has 1 rings (SSSR count). The van der Waals surface area contributed by atoms with Gasteiger partial charge in [-0.2, -0.15) is 30.9 Å². The smallest absolute Gasteiger partial charge is 0.421 e. The van der Waals surface area contributed by atoms with Crippen molar-refractivity contribution in [2.45, 2.75) is 115 Å². The summed E-state index contributed by atoms with van der Waals surface area (Å²) in [5, 5.41) is 0. The van der Waals surface area contributed by atoms with Gasteiger partial charge in [0.1, 0.15) is 6.54 Å². The molecule has 6 nitrogen and oxygen atoms in total. The number of alkyl halides is 6. The minimum atomic E-state index is -6.72. The van der Waals surface area contributed by atoms with E-state index in [0.717, 1.165) is 4.13 Å². The van der Waals surface area contributed by atoms with Crippen LogP contribution in [0, 0.1) is 0 Å². The average Bonchev–Trinajstić information content (AvgIpc) is 3.13. The van der Waals surface area contributed by atoms with Gasteiger partial charge in [-0.1, -0.05) is 77.1 Å². The number of nitrogens with zero attached hydrogens (tertiary/aromatic N) is 2. The SMILES string of the molecule is CCCCCCCC[n+]1csc(CCCCCC)c1CC.O=S(=O)([N-]S(=O)(=O)C(F)(F)F)C(F)(F)F. The first-order valence-corrected chi connectivity index (χ1v) is 15.7. The van der Waals surface area contributed by atoms with E-state index in [4.69, 9.17) is 0 Å². The second kappa shape index (κ2) is 16.1. The summed E-state index contributed by atoms with van der Waals surface area (Å²) < 4.78 is 112. The van der Waals surface area contributed by atoms with Gasteiger partial charge in [0.2, 0.25) is 5.51 Å². The van der Waals surface area contributed by atoms with Crippen molar-refractivity contribution in [3.05, 3.63) is 20.2 Å². The van der Waals surface area contributed by atoms with Gasteiger partial charge in [-0.15, -0.1) is 0 Å². The van der Waals surface area contributed by atoms with E-state index in [2.05, 4.69) is 30.8 Å². The predicted octanol–water partition coefficient (Wildman–Crippen LogP) is 7.14. The Bertz CT molecular complexity index is 917. The van der Waals surface area contributed by atoms with Crippen molar-refractivity contribution in [2.75, 3.05) is 0 Å². The molecule has 0 fully saturated rings. The van der Waals surface area contributed by atoms with Gasteiger partial charge in [0.25, 0.3) is 0 Å². The van der Waals surface area contributed by atoms with Crippen LogP contribution >= 0.6 is 11.3 Å². The Hall–Kier alpha value is -0.930. The summed E-state index contributed by atoms with van der Waals surface area (Å²) in [5.41, 5.74) is -8.42. The zero-order valence-corrected chi connectivity index (χ0v) is 23.2. The maximum absolute atomic E-state index is 11.4. The Labute approximate surface area is 214 Å². The molecular formula is C21H36F6N2O4S3. The number of hydrogen-bond donors (Lipinski definition) is 0. The van der Waals surface area contributed by atoms with E-state index in [1.165, 1.54) is 83.6 Å². The molecule has 0 N–H and O–H groups in total. The maximum atomic E-state index is 11.4. The summed E-state index contributed by atoms with van der Waals surface area (Å²) in [4.78, 5) is 1.65. The van der Waals surface area contributed by atoms with Crippen LogP contribution in [0.4, 0.5) is 26.3 Å². The number of unbranched alkanes of at least 4 members (excludes halogenated alkanes) is 8. The molecular weight excluding hydrogens is 554 g/mol. The largest absolute Gasteiger partial charge is 0.480 e. The Morgan fingerprint density at radius 3 is 1.64 bits per heavy atom. The molecule has 0 amide bonds. The zero-order valence-electron chi connectivity index (χ0n) is 20.8. The molecule has 0 aromatic carbocycles. The molecule has 1 aromatic heterocycles. The van der Waals surface area contributed by atoms with Gasteiger partial charge < -0.3 is 4.13 Å². The molecule has 0 bridgehead atoms. The predicted molar refractivity (Wildman–Crippen MR) is 128 cm³/mol. The van der Waals surface area contributed by atoms with E-state index in [-0.39, 0.29) is 0 Å². The van der Waals surface area contributed by atoms with Gasteiger partial charge in [-0.25, -0.2) is 16.8 Å². The third kappa shape index (κ3) is 12.5. The highest BCUT2D eigenvalue weighted by atomic mass is 32.3. The van der Waals surface area contributed by atoms with Crippen LogP contribution in [-0.2, 0) is 39.4 Å². The van der Waals surface area contributed by atoms with Crippen LogP contribution < -0.4 is 4.57 Å². The summed E-state index contributed by atoms with van der Waals surface area (Å²) >= 11 is 1.99. The molecule has 0 aliphatic carbocycles. The minimum absolute atomic E-state index is 0.778. The van der Waals surface area contributed by atoms with Gasteiger partial charge in [-0.05, 0) is 19.3 Å². The lowest BCUT2D eigenvalue weighted by Crippen LogP contribution is -2.35. The van der Waals surface area contributed by atoms with Gasteiger partial charge in [-0.3, -0.25) is 0 Å². The van der Waals surface area contributed by atoms with Crippen LogP contribution in [0.15, 0.2) is 5.51 Å². The van der Waals surface area contributed by atoms with Gasteiger partial charge >= 0.3 is 11.0 Å². The Balaban J connectivity index is 0.000000723. The zero-order chi connectivity index (χ0) is 28.0. The number of aryl methyl sites for hydroxylation is 2. The Morgan fingerprint density at radius 2 is 1.19 bits per heavy atom. The first kappa shape index (κ1) is 35.1. The fraction of sp³-hybridized carbons (Fsp3) is 0.857. The molecule has 214 valence electrons. The molecule has 0 atom stereocenters. The fourth-order valence-corrected chi connectivity index (χ4v) is 6.06. The number of rotatable bonds is 15. The van der Waals surface area contributed by atoms with E-state index in [1.807, 2.05) is 11.3 Å². The number of hydrogen-bond acceptors (Lipinski definition) is 5. The normalized spacial score (nSPS) is 12.9. The number of thiazole rings is 1. The van der Waals surface area contributed by atoms with Crippen LogP contribution in [0.3, 0.4) is 0 Å². The van der Waals surface area contributed by atoms with Crippen LogP contribution in [0.5, 0.6) is 0 Å². The molecule has 15 heteroatoms. The lowest BCUT2D eigenvalue weighted by atomic mass is 10.1. The summed E-state index contributed by atoms with van der Waals surface area (Å²) in [6, 6.07) is 0. The topological polar surface area (TPSA) is 86.3 Å². The van der Waals surface area contributed by atoms with Crippen molar-refractivity contribution in [3.63, 3.8) is 0 Å². The molecule has 0 aliphatic heterocycles. The van der Waals surface area contributed by atoms with Crippen LogP contribution in [-0.4, -0.2) is 27.9 Å². The maximum Gasteiger partial charge on any atom is 0.480 e. The quantitative estimate of drug-likeness (QED) is 0.123. The molecule has 0 saturated carbocycles. The minimum Gasteiger partial charge on any atom is -0.421 e. The summed E-state index contributed by atoms with van der Waals surface area (Å²) in [5.74, 6) is 0. The Morgan fingerprint density at radius 1 is 0.750 bits per heavy atom. The van der Waals surface area contributed by atoms with E-state index >= 15 is 0 Å². The molecule has 0 unspecified atom stereocenters. The molecule has 0 saturated heterocycles. The van der Waals surface area contributed by atoms with Crippen LogP contribution in [0.2, 0.25) is 0 Å². The molecule has 0 aliphatic rings. The van der Waals surface area contributed by atoms with Crippen molar-refractivity contribution in [2.24, 2.45) is 0 Å². The number of halogens is 6. The van der Waals surface area contributed by atoms with Crippen molar-refractivity contribution >= 4 is 31.4 Å². The monoisotopic (exact) mass is 590 g/mol. The number of aromatic nitrogens is 1. The van der Waals surface area contributed by atoms with Crippen LogP contribution in [0.1, 0.15) is 95.6 Å². The summed E-state index contributed by atoms with van der Waals surface area (Å²) in [6.07, 6.45) is 16.4. The fourth-order valence-electron chi connectivity index (χ4n) is 3.20. The standard InChI is InChI=1S/C19H36NS.C2F6NO4S2/c1-4-7-9-11-12-14-16-20-17-21-19(18(20)6-3)15-13-10-8-5-2;3-1(4,5)14(10,11)9-15(12,13)2(6,7)8/h17H,4-16H2,1-3H3;/q+1;-1. The average molecular weight is 591 g/mol. The molecule has 0 radical (unpaired) electrons. The van der Waals surface area contributed by atoms with Gasteiger partial charge in [0, 0.05) is 12.8 Å². The highest BCUT2D eigenvalue weighted by molar-refractivity contribution is 8.13. The van der Waals surface area contributed by atoms with Crippen LogP contribution in [0.25, 0.3) is 4.13 Å². The third-order valence-electron chi connectivity index (χ3n) is 5.12. The first-order valence-electron chi connectivity index (χ1n) is 11.9. The Kier molecular flexibility index (Phi) is 15.7. The number of sulfonamides is 2. The molecule has 1 aromatic rings. The van der Waals surface area contributed by atoms with E-state index in [0.29, 0.717) is 0 Å². The molecule has 36 heavy (non-hydrogen) atoms.